The first-order valence-electron chi connectivity index (χ1n) is 9.75. The van der Waals surface area contributed by atoms with Crippen LogP contribution in [0.2, 0.25) is 0 Å². The molecule has 2 aliphatic rings. The number of fused-ring (bicyclic) bond motifs is 1. The molecule has 0 unspecified atom stereocenters. The van der Waals surface area contributed by atoms with Crippen molar-refractivity contribution in [2.45, 2.75) is 38.1 Å². The van der Waals surface area contributed by atoms with Crippen molar-refractivity contribution in [3.8, 4) is 0 Å². The number of piperidine rings is 2. The van der Waals surface area contributed by atoms with Gasteiger partial charge >= 0.3 is 6.03 Å². The maximum absolute atomic E-state index is 12.5. The second kappa shape index (κ2) is 10.5. The zero-order chi connectivity index (χ0) is 18.4. The topological polar surface area (TPSA) is 78.7 Å². The second-order valence-electron chi connectivity index (χ2n) is 7.30. The van der Waals surface area contributed by atoms with Gasteiger partial charge in [0.2, 0.25) is 5.91 Å². The van der Waals surface area contributed by atoms with Gasteiger partial charge in [-0.25, -0.2) is 4.79 Å². The molecule has 2 heterocycles. The third-order valence-electron chi connectivity index (χ3n) is 5.57. The number of carbonyl (C=O) groups is 2. The molecular formula is C20H31ClN4O2. The van der Waals surface area contributed by atoms with Gasteiger partial charge in [-0.15, -0.1) is 12.4 Å². The number of likely N-dealkylation sites (tertiary alicyclic amines) is 2. The summed E-state index contributed by atoms with van der Waals surface area (Å²) in [6.07, 6.45) is 4.03. The summed E-state index contributed by atoms with van der Waals surface area (Å²) < 4.78 is 0. The highest BCUT2D eigenvalue weighted by molar-refractivity contribution is 5.85. The van der Waals surface area contributed by atoms with Crippen molar-refractivity contribution in [2.24, 2.45) is 11.7 Å². The van der Waals surface area contributed by atoms with Crippen LogP contribution in [0.5, 0.6) is 0 Å². The van der Waals surface area contributed by atoms with Crippen LogP contribution in [-0.4, -0.2) is 60.5 Å². The van der Waals surface area contributed by atoms with Crippen molar-refractivity contribution in [3.05, 3.63) is 35.9 Å². The molecule has 27 heavy (non-hydrogen) atoms. The molecule has 1 aromatic carbocycles. The van der Waals surface area contributed by atoms with Gasteiger partial charge in [-0.2, -0.15) is 0 Å². The Morgan fingerprint density at radius 1 is 1.22 bits per heavy atom. The lowest BCUT2D eigenvalue weighted by Crippen LogP contribution is -2.58. The molecule has 3 amide bonds. The Morgan fingerprint density at radius 3 is 2.74 bits per heavy atom. The summed E-state index contributed by atoms with van der Waals surface area (Å²) >= 11 is 0. The van der Waals surface area contributed by atoms with Crippen LogP contribution in [0.3, 0.4) is 0 Å². The van der Waals surface area contributed by atoms with E-state index in [2.05, 4.69) is 17.4 Å². The van der Waals surface area contributed by atoms with Crippen LogP contribution in [0.4, 0.5) is 4.79 Å². The quantitative estimate of drug-likeness (QED) is 0.774. The number of nitrogens with two attached hydrogens (primary N) is 1. The fourth-order valence-electron chi connectivity index (χ4n) is 4.16. The molecule has 0 aromatic heterocycles. The minimum absolute atomic E-state index is 0. The van der Waals surface area contributed by atoms with Crippen LogP contribution in [0.25, 0.3) is 0 Å². The fraction of sp³-hybridized carbons (Fsp3) is 0.600. The third-order valence-corrected chi connectivity index (χ3v) is 5.57. The van der Waals surface area contributed by atoms with Gasteiger partial charge in [-0.05, 0) is 43.7 Å². The number of amides is 3. The lowest BCUT2D eigenvalue weighted by Gasteiger charge is -2.47. The largest absolute Gasteiger partial charge is 0.339 e. The highest BCUT2D eigenvalue weighted by Crippen LogP contribution is 2.31. The van der Waals surface area contributed by atoms with Crippen molar-refractivity contribution in [1.29, 1.82) is 0 Å². The Labute approximate surface area is 167 Å². The highest BCUT2D eigenvalue weighted by atomic mass is 35.5. The number of hydrogen-bond donors (Lipinski definition) is 2. The first-order chi connectivity index (χ1) is 12.7. The monoisotopic (exact) mass is 394 g/mol. The molecule has 7 heteroatoms. The highest BCUT2D eigenvalue weighted by Gasteiger charge is 2.39. The average Bonchev–Trinajstić information content (AvgIpc) is 2.67. The van der Waals surface area contributed by atoms with Crippen LogP contribution in [0, 0.1) is 5.92 Å². The molecule has 0 aliphatic carbocycles. The summed E-state index contributed by atoms with van der Waals surface area (Å²) in [6.45, 7) is 3.46. The number of nitrogens with zero attached hydrogens (tertiary/aromatic N) is 2. The zero-order valence-corrected chi connectivity index (χ0v) is 16.6. The molecule has 2 saturated heterocycles. The van der Waals surface area contributed by atoms with Gasteiger partial charge in [0, 0.05) is 38.6 Å². The molecule has 2 atom stereocenters. The summed E-state index contributed by atoms with van der Waals surface area (Å²) in [6, 6.07) is 10.5. The van der Waals surface area contributed by atoms with E-state index >= 15 is 0 Å². The van der Waals surface area contributed by atoms with Crippen LogP contribution in [0.15, 0.2) is 30.3 Å². The van der Waals surface area contributed by atoms with Crippen molar-refractivity contribution in [3.63, 3.8) is 0 Å². The number of carbonyl (C=O) groups excluding carboxylic acids is 2. The standard InChI is InChI=1S/C20H30N4O2.ClH/c21-11-4-13-24-18-10-14-23(15-17(18)7-8-19(24)25)20(26)22-12-9-16-5-2-1-3-6-16;/h1-3,5-6,17-18H,4,7-15,21H2,(H,22,26);1H/t17-,18+;/m0./s1. The molecule has 6 nitrogen and oxygen atoms in total. The second-order valence-corrected chi connectivity index (χ2v) is 7.30. The molecular weight excluding hydrogens is 364 g/mol. The average molecular weight is 395 g/mol. The third kappa shape index (κ3) is 5.59. The zero-order valence-electron chi connectivity index (χ0n) is 15.8. The molecule has 0 radical (unpaired) electrons. The van der Waals surface area contributed by atoms with Crippen LogP contribution in [0.1, 0.15) is 31.2 Å². The lowest BCUT2D eigenvalue weighted by molar-refractivity contribution is -0.140. The molecule has 0 spiro atoms. The van der Waals surface area contributed by atoms with Crippen molar-refractivity contribution in [2.75, 3.05) is 32.7 Å². The van der Waals surface area contributed by atoms with E-state index in [1.54, 1.807) is 0 Å². The van der Waals surface area contributed by atoms with E-state index in [4.69, 9.17) is 5.73 Å². The molecule has 0 saturated carbocycles. The number of benzene rings is 1. The summed E-state index contributed by atoms with van der Waals surface area (Å²) in [5, 5.41) is 3.04. The van der Waals surface area contributed by atoms with E-state index in [1.807, 2.05) is 28.0 Å². The van der Waals surface area contributed by atoms with E-state index in [9.17, 15) is 9.59 Å². The Balaban J connectivity index is 0.00000261. The Morgan fingerprint density at radius 2 is 2.00 bits per heavy atom. The van der Waals surface area contributed by atoms with E-state index in [0.717, 1.165) is 38.8 Å². The number of hydrogen-bond acceptors (Lipinski definition) is 3. The fourth-order valence-corrected chi connectivity index (χ4v) is 4.16. The SMILES string of the molecule is Cl.NCCCN1C(=O)CC[C@H]2CN(C(=O)NCCc3ccccc3)CC[C@H]21. The molecule has 2 aliphatic heterocycles. The van der Waals surface area contributed by atoms with Gasteiger partial charge in [0.1, 0.15) is 0 Å². The van der Waals surface area contributed by atoms with Gasteiger partial charge in [-0.1, -0.05) is 30.3 Å². The Hall–Kier alpha value is -1.79. The van der Waals surface area contributed by atoms with Crippen LogP contribution < -0.4 is 11.1 Å². The minimum Gasteiger partial charge on any atom is -0.339 e. The van der Waals surface area contributed by atoms with Crippen LogP contribution in [-0.2, 0) is 11.2 Å². The molecule has 150 valence electrons. The van der Waals surface area contributed by atoms with Gasteiger partial charge < -0.3 is 20.9 Å². The van der Waals surface area contributed by atoms with Crippen LogP contribution >= 0.6 is 12.4 Å². The molecule has 3 rings (SSSR count). The van der Waals surface area contributed by atoms with Gasteiger partial charge in [0.25, 0.3) is 0 Å². The normalized spacial score (nSPS) is 22.0. The smallest absolute Gasteiger partial charge is 0.317 e. The maximum Gasteiger partial charge on any atom is 0.317 e. The minimum atomic E-state index is 0. The van der Waals surface area contributed by atoms with Gasteiger partial charge in [0.15, 0.2) is 0 Å². The first-order valence-corrected chi connectivity index (χ1v) is 9.75. The van der Waals surface area contributed by atoms with Gasteiger partial charge in [0.05, 0.1) is 0 Å². The number of halogens is 1. The summed E-state index contributed by atoms with van der Waals surface area (Å²) in [5.74, 6) is 0.638. The predicted octanol–water partition coefficient (Wildman–Crippen LogP) is 2.02. The summed E-state index contributed by atoms with van der Waals surface area (Å²) in [7, 11) is 0. The summed E-state index contributed by atoms with van der Waals surface area (Å²) in [4.78, 5) is 28.7. The maximum atomic E-state index is 12.5. The van der Waals surface area contributed by atoms with Gasteiger partial charge in [-0.3, -0.25) is 4.79 Å². The van der Waals surface area contributed by atoms with Crippen molar-refractivity contribution < 1.29 is 9.59 Å². The first kappa shape index (κ1) is 21.5. The van der Waals surface area contributed by atoms with E-state index in [1.165, 1.54) is 5.56 Å². The Bertz CT molecular complexity index is 613. The van der Waals surface area contributed by atoms with E-state index in [0.29, 0.717) is 32.0 Å². The molecule has 3 N–H and O–H groups in total. The van der Waals surface area contributed by atoms with E-state index in [-0.39, 0.29) is 30.4 Å². The molecule has 1 aromatic rings. The van der Waals surface area contributed by atoms with E-state index < -0.39 is 0 Å². The predicted molar refractivity (Wildman–Crippen MR) is 109 cm³/mol. The molecule has 2 fully saturated rings. The summed E-state index contributed by atoms with van der Waals surface area (Å²) in [5.41, 5.74) is 6.84. The van der Waals surface area contributed by atoms with Crippen molar-refractivity contribution in [1.82, 2.24) is 15.1 Å². The number of rotatable bonds is 6. The Kier molecular flexibility index (Phi) is 8.38. The van der Waals surface area contributed by atoms with Crippen molar-refractivity contribution >= 4 is 24.3 Å². The lowest BCUT2D eigenvalue weighted by atomic mass is 9.83. The molecule has 0 bridgehead atoms. The number of nitrogens with one attached hydrogen (secondary N) is 1. The number of urea groups is 1.